The second kappa shape index (κ2) is 4.62. The van der Waals surface area contributed by atoms with Gasteiger partial charge in [0.15, 0.2) is 0 Å². The Bertz CT molecular complexity index is 449. The monoisotopic (exact) mass is 219 g/mol. The van der Waals surface area contributed by atoms with Gasteiger partial charge in [-0.25, -0.2) is 0 Å². The summed E-state index contributed by atoms with van der Waals surface area (Å²) in [5, 5.41) is 19.5. The topological polar surface area (TPSA) is 70.2 Å². The fourth-order valence-electron chi connectivity index (χ4n) is 1.29. The van der Waals surface area contributed by atoms with Crippen molar-refractivity contribution in [1.82, 2.24) is 0 Å². The second-order valence-corrected chi connectivity index (χ2v) is 3.78. The van der Waals surface area contributed by atoms with Crippen LogP contribution in [0.25, 0.3) is 0 Å². The molecule has 0 aliphatic carbocycles. The third kappa shape index (κ3) is 2.28. The summed E-state index contributed by atoms with van der Waals surface area (Å²) in [6.45, 7) is 4.01. The summed E-state index contributed by atoms with van der Waals surface area (Å²) in [7, 11) is 1.88. The number of nitriles is 1. The molecule has 0 saturated heterocycles. The van der Waals surface area contributed by atoms with Crippen LogP contribution in [0.15, 0.2) is 18.2 Å². The first-order valence-electron chi connectivity index (χ1n) is 4.88. The number of nitrogens with zero attached hydrogens (tertiary/aromatic N) is 3. The Hall–Kier alpha value is -2.09. The Labute approximate surface area is 94.1 Å². The van der Waals surface area contributed by atoms with Crippen molar-refractivity contribution < 1.29 is 4.92 Å². The highest BCUT2D eigenvalue weighted by Crippen LogP contribution is 2.24. The fraction of sp³-hybridized carbons (Fsp3) is 0.364. The van der Waals surface area contributed by atoms with Crippen LogP contribution in [0.2, 0.25) is 0 Å². The highest BCUT2D eigenvalue weighted by Gasteiger charge is 2.15. The molecule has 1 rings (SSSR count). The number of hydrogen-bond acceptors (Lipinski definition) is 4. The fourth-order valence-corrected chi connectivity index (χ4v) is 1.29. The zero-order chi connectivity index (χ0) is 12.3. The Morgan fingerprint density at radius 2 is 2.12 bits per heavy atom. The maximum absolute atomic E-state index is 10.6. The molecule has 0 heterocycles. The Balaban J connectivity index is 3.20. The van der Waals surface area contributed by atoms with Crippen molar-refractivity contribution in [2.75, 3.05) is 11.9 Å². The molecule has 16 heavy (non-hydrogen) atoms. The van der Waals surface area contributed by atoms with Crippen molar-refractivity contribution in [1.29, 1.82) is 5.26 Å². The number of hydrogen-bond donors (Lipinski definition) is 0. The number of benzene rings is 1. The zero-order valence-corrected chi connectivity index (χ0v) is 9.47. The van der Waals surface area contributed by atoms with Crippen molar-refractivity contribution in [2.24, 2.45) is 0 Å². The van der Waals surface area contributed by atoms with Crippen molar-refractivity contribution in [2.45, 2.75) is 19.9 Å². The van der Waals surface area contributed by atoms with Gasteiger partial charge in [0.05, 0.1) is 4.92 Å². The molecular formula is C11H13N3O2. The Kier molecular flexibility index (Phi) is 3.46. The van der Waals surface area contributed by atoms with Gasteiger partial charge in [-0.1, -0.05) is 0 Å². The maximum Gasteiger partial charge on any atom is 0.287 e. The molecule has 0 saturated carbocycles. The molecule has 0 spiro atoms. The first kappa shape index (κ1) is 12.0. The standard InChI is InChI=1S/C11H13N3O2/c1-8(2)13(3)10-4-5-11(14(15)16)9(6-10)7-12/h4-6,8H,1-3H3. The third-order valence-electron chi connectivity index (χ3n) is 2.48. The average molecular weight is 219 g/mol. The lowest BCUT2D eigenvalue weighted by Gasteiger charge is -2.23. The lowest BCUT2D eigenvalue weighted by Crippen LogP contribution is -2.25. The van der Waals surface area contributed by atoms with Crippen LogP contribution in [-0.2, 0) is 0 Å². The van der Waals surface area contributed by atoms with E-state index in [4.69, 9.17) is 5.26 Å². The number of rotatable bonds is 3. The van der Waals surface area contributed by atoms with Gasteiger partial charge in [0.25, 0.3) is 5.69 Å². The van der Waals surface area contributed by atoms with E-state index >= 15 is 0 Å². The van der Waals surface area contributed by atoms with Crippen molar-refractivity contribution >= 4 is 11.4 Å². The smallest absolute Gasteiger partial charge is 0.287 e. The first-order valence-corrected chi connectivity index (χ1v) is 4.88. The number of nitro benzene ring substituents is 1. The molecular weight excluding hydrogens is 206 g/mol. The predicted molar refractivity (Wildman–Crippen MR) is 61.4 cm³/mol. The minimum atomic E-state index is -0.544. The third-order valence-corrected chi connectivity index (χ3v) is 2.48. The van der Waals surface area contributed by atoms with Gasteiger partial charge in [-0.15, -0.1) is 0 Å². The van der Waals surface area contributed by atoms with Crippen molar-refractivity contribution in [3.05, 3.63) is 33.9 Å². The van der Waals surface area contributed by atoms with Crippen LogP contribution in [0.4, 0.5) is 11.4 Å². The summed E-state index contributed by atoms with van der Waals surface area (Å²) in [4.78, 5) is 12.0. The number of nitro groups is 1. The number of anilines is 1. The SMILES string of the molecule is CC(C)N(C)c1ccc([N+](=O)[O-])c(C#N)c1. The van der Waals surface area contributed by atoms with Crippen LogP contribution >= 0.6 is 0 Å². The normalized spacial score (nSPS) is 9.94. The van der Waals surface area contributed by atoms with Crippen LogP contribution in [0, 0.1) is 21.4 Å². The van der Waals surface area contributed by atoms with Crippen LogP contribution in [0.1, 0.15) is 19.4 Å². The van der Waals surface area contributed by atoms with E-state index in [0.29, 0.717) is 0 Å². The highest BCUT2D eigenvalue weighted by atomic mass is 16.6. The van der Waals surface area contributed by atoms with E-state index < -0.39 is 4.92 Å². The van der Waals surface area contributed by atoms with E-state index in [9.17, 15) is 10.1 Å². The molecule has 0 bridgehead atoms. The predicted octanol–water partition coefficient (Wildman–Crippen LogP) is 2.31. The highest BCUT2D eigenvalue weighted by molar-refractivity contribution is 5.59. The Morgan fingerprint density at radius 3 is 2.56 bits per heavy atom. The molecule has 0 aromatic heterocycles. The summed E-state index contributed by atoms with van der Waals surface area (Å²) < 4.78 is 0. The van der Waals surface area contributed by atoms with E-state index in [1.54, 1.807) is 6.07 Å². The molecule has 84 valence electrons. The molecule has 0 aliphatic heterocycles. The lowest BCUT2D eigenvalue weighted by molar-refractivity contribution is -0.385. The van der Waals surface area contributed by atoms with Gasteiger partial charge in [0.2, 0.25) is 0 Å². The van der Waals surface area contributed by atoms with Crippen LogP contribution in [0.5, 0.6) is 0 Å². The summed E-state index contributed by atoms with van der Waals surface area (Å²) >= 11 is 0. The molecule has 0 amide bonds. The zero-order valence-electron chi connectivity index (χ0n) is 9.47. The molecule has 1 aromatic carbocycles. The van der Waals surface area contributed by atoms with E-state index in [1.165, 1.54) is 12.1 Å². The summed E-state index contributed by atoms with van der Waals surface area (Å²) in [6, 6.07) is 6.67. The molecule has 1 aromatic rings. The van der Waals surface area contributed by atoms with Gasteiger partial charge in [0.1, 0.15) is 11.6 Å². The molecule has 0 atom stereocenters. The summed E-state index contributed by atoms with van der Waals surface area (Å²) in [5.74, 6) is 0. The molecule has 0 radical (unpaired) electrons. The van der Waals surface area contributed by atoms with Gasteiger partial charge in [-0.05, 0) is 26.0 Å². The van der Waals surface area contributed by atoms with Crippen LogP contribution in [0.3, 0.4) is 0 Å². The molecule has 0 aliphatic rings. The maximum atomic E-state index is 10.6. The minimum absolute atomic E-state index is 0.0926. The summed E-state index contributed by atoms with van der Waals surface area (Å²) in [6.07, 6.45) is 0. The van der Waals surface area contributed by atoms with E-state index in [2.05, 4.69) is 0 Å². The van der Waals surface area contributed by atoms with Crippen molar-refractivity contribution in [3.63, 3.8) is 0 Å². The minimum Gasteiger partial charge on any atom is -0.372 e. The first-order chi connectivity index (χ1) is 7.47. The summed E-state index contributed by atoms with van der Waals surface area (Å²) in [5.41, 5.74) is 0.746. The van der Waals surface area contributed by atoms with Gasteiger partial charge in [-0.2, -0.15) is 5.26 Å². The van der Waals surface area contributed by atoms with E-state index in [-0.39, 0.29) is 17.3 Å². The Morgan fingerprint density at radius 1 is 1.50 bits per heavy atom. The second-order valence-electron chi connectivity index (χ2n) is 3.78. The molecule has 0 fully saturated rings. The lowest BCUT2D eigenvalue weighted by atomic mass is 10.1. The van der Waals surface area contributed by atoms with Crippen molar-refractivity contribution in [3.8, 4) is 6.07 Å². The average Bonchev–Trinajstić information content (AvgIpc) is 2.26. The molecule has 0 unspecified atom stereocenters. The quantitative estimate of drug-likeness (QED) is 0.577. The van der Waals surface area contributed by atoms with Crippen LogP contribution in [-0.4, -0.2) is 18.0 Å². The van der Waals surface area contributed by atoms with E-state index in [0.717, 1.165) is 5.69 Å². The van der Waals surface area contributed by atoms with Crippen LogP contribution < -0.4 is 4.90 Å². The molecule has 5 nitrogen and oxygen atoms in total. The van der Waals surface area contributed by atoms with E-state index in [1.807, 2.05) is 31.9 Å². The van der Waals surface area contributed by atoms with Gasteiger partial charge < -0.3 is 4.90 Å². The molecule has 5 heteroatoms. The largest absolute Gasteiger partial charge is 0.372 e. The van der Waals surface area contributed by atoms with Gasteiger partial charge >= 0.3 is 0 Å². The van der Waals surface area contributed by atoms with Gasteiger partial charge in [0, 0.05) is 24.8 Å². The molecule has 0 N–H and O–H groups in total. The van der Waals surface area contributed by atoms with Gasteiger partial charge in [-0.3, -0.25) is 10.1 Å².